The highest BCUT2D eigenvalue weighted by atomic mass is 32.2. The molecule has 0 saturated heterocycles. The van der Waals surface area contributed by atoms with Crippen molar-refractivity contribution >= 4 is 10.1 Å². The van der Waals surface area contributed by atoms with Gasteiger partial charge >= 0.3 is 0 Å². The Morgan fingerprint density at radius 2 is 1.14 bits per heavy atom. The van der Waals surface area contributed by atoms with Crippen LogP contribution in [0.5, 0.6) is 0 Å². The molecular formula is C31H58NO3S+. The molecule has 1 rings (SSSR count). The molecule has 0 radical (unpaired) electrons. The summed E-state index contributed by atoms with van der Waals surface area (Å²) in [6, 6.07) is 5.56. The summed E-state index contributed by atoms with van der Waals surface area (Å²) in [7, 11) is -4.23. The minimum Gasteiger partial charge on any atom is -0.317 e. The largest absolute Gasteiger partial charge is 0.317 e. The van der Waals surface area contributed by atoms with Crippen molar-refractivity contribution in [2.75, 3.05) is 19.6 Å². The number of aryl methyl sites for hydroxylation is 1. The molecule has 1 atom stereocenters. The van der Waals surface area contributed by atoms with Crippen LogP contribution < -0.4 is 0 Å². The van der Waals surface area contributed by atoms with E-state index in [1.807, 2.05) is 6.07 Å². The Hall–Kier alpha value is -0.910. The first-order chi connectivity index (χ1) is 17.3. The summed E-state index contributed by atoms with van der Waals surface area (Å²) < 4.78 is 35.2. The number of quaternary nitrogens is 1. The van der Waals surface area contributed by atoms with Crippen molar-refractivity contribution in [1.82, 2.24) is 0 Å². The molecule has 0 aliphatic rings. The molecule has 0 bridgehead atoms. The van der Waals surface area contributed by atoms with Crippen LogP contribution in [-0.2, 0) is 10.1 Å². The number of rotatable bonds is 22. The number of benzene rings is 1. The molecule has 0 aromatic heterocycles. The maximum Gasteiger partial charge on any atom is 0.294 e. The van der Waals surface area contributed by atoms with Crippen LogP contribution in [0.3, 0.4) is 0 Å². The first-order valence-corrected chi connectivity index (χ1v) is 16.6. The lowest BCUT2D eigenvalue weighted by atomic mass is 9.91. The molecule has 1 aromatic rings. The highest BCUT2D eigenvalue weighted by molar-refractivity contribution is 7.85. The third-order valence-electron chi connectivity index (χ3n) is 8.02. The Morgan fingerprint density at radius 1 is 0.694 bits per heavy atom. The van der Waals surface area contributed by atoms with Gasteiger partial charge in [-0.3, -0.25) is 4.55 Å². The van der Waals surface area contributed by atoms with Crippen molar-refractivity contribution in [3.63, 3.8) is 0 Å². The fourth-order valence-corrected chi connectivity index (χ4v) is 6.33. The standard InChI is InChI=1S/C31H57NO3S/c1-6-10-14-18-24-32(25-19-15-11-7-2,26-20-16-12-8-3)31(21-17-13-9-4)30-27-29(36(33,34)35)23-22-28(30)5/h22-23,27,31H,6-21,24-26H2,1-5H3/p+1. The van der Waals surface area contributed by atoms with Crippen molar-refractivity contribution in [2.45, 2.75) is 148 Å². The molecule has 0 aliphatic heterocycles. The highest BCUT2D eigenvalue weighted by Gasteiger charge is 2.38. The quantitative estimate of drug-likeness (QED) is 0.0933. The van der Waals surface area contributed by atoms with Gasteiger partial charge in [-0.15, -0.1) is 0 Å². The smallest absolute Gasteiger partial charge is 0.294 e. The Bertz CT molecular complexity index is 775. The van der Waals surface area contributed by atoms with Gasteiger partial charge in [0.15, 0.2) is 0 Å². The van der Waals surface area contributed by atoms with E-state index in [-0.39, 0.29) is 10.9 Å². The predicted octanol–water partition coefficient (Wildman–Crippen LogP) is 9.42. The van der Waals surface area contributed by atoms with Crippen LogP contribution in [0, 0.1) is 6.92 Å². The highest BCUT2D eigenvalue weighted by Crippen LogP contribution is 2.38. The lowest BCUT2D eigenvalue weighted by molar-refractivity contribution is -0.958. The SMILES string of the molecule is CCCCCC[N+](CCCCCC)(CCCCCC)C(CCCCC)c1cc(S(=O)(=O)O)ccc1C. The third kappa shape index (κ3) is 11.6. The number of hydrogen-bond donors (Lipinski definition) is 1. The second kappa shape index (κ2) is 18.4. The van der Waals surface area contributed by atoms with E-state index in [0.29, 0.717) is 0 Å². The first-order valence-electron chi connectivity index (χ1n) is 15.2. The van der Waals surface area contributed by atoms with Crippen LogP contribution in [0.15, 0.2) is 23.1 Å². The molecule has 1 unspecified atom stereocenters. The lowest BCUT2D eigenvalue weighted by Gasteiger charge is -2.46. The van der Waals surface area contributed by atoms with Gasteiger partial charge in [0, 0.05) is 12.0 Å². The van der Waals surface area contributed by atoms with Crippen LogP contribution in [0.25, 0.3) is 0 Å². The van der Waals surface area contributed by atoms with Crippen LogP contribution >= 0.6 is 0 Å². The van der Waals surface area contributed by atoms with Gasteiger partial charge in [0.25, 0.3) is 10.1 Å². The van der Waals surface area contributed by atoms with Crippen molar-refractivity contribution in [2.24, 2.45) is 0 Å². The zero-order chi connectivity index (χ0) is 26.9. The zero-order valence-electron chi connectivity index (χ0n) is 24.4. The van der Waals surface area contributed by atoms with Gasteiger partial charge in [-0.1, -0.05) is 85.1 Å². The molecule has 210 valence electrons. The fourth-order valence-electron chi connectivity index (χ4n) is 5.81. The maximum absolute atomic E-state index is 12.1. The summed E-state index contributed by atoms with van der Waals surface area (Å²) in [4.78, 5) is 0.0460. The fraction of sp³-hybridized carbons (Fsp3) is 0.806. The Kier molecular flexibility index (Phi) is 16.9. The van der Waals surface area contributed by atoms with E-state index in [4.69, 9.17) is 0 Å². The Balaban J connectivity index is 3.55. The van der Waals surface area contributed by atoms with Crippen LogP contribution in [0.1, 0.15) is 148 Å². The van der Waals surface area contributed by atoms with Gasteiger partial charge in [-0.2, -0.15) is 8.42 Å². The molecule has 0 aliphatic carbocycles. The van der Waals surface area contributed by atoms with E-state index in [0.717, 1.165) is 28.5 Å². The number of nitrogens with zero attached hydrogens (tertiary/aromatic N) is 1. The van der Waals surface area contributed by atoms with E-state index in [9.17, 15) is 13.0 Å². The second-order valence-corrected chi connectivity index (χ2v) is 12.5. The van der Waals surface area contributed by atoms with E-state index < -0.39 is 10.1 Å². The van der Waals surface area contributed by atoms with Crippen molar-refractivity contribution in [1.29, 1.82) is 0 Å². The summed E-state index contributed by atoms with van der Waals surface area (Å²) in [6.45, 7) is 14.7. The molecule has 5 heteroatoms. The summed E-state index contributed by atoms with van der Waals surface area (Å²) >= 11 is 0. The Labute approximate surface area is 224 Å². The summed E-state index contributed by atoms with van der Waals surface area (Å²) in [6.07, 6.45) is 19.7. The molecule has 4 nitrogen and oxygen atoms in total. The number of hydrogen-bond acceptors (Lipinski definition) is 2. The summed E-state index contributed by atoms with van der Waals surface area (Å²) in [5.41, 5.74) is 2.30. The second-order valence-electron chi connectivity index (χ2n) is 11.1. The lowest BCUT2D eigenvalue weighted by Crippen LogP contribution is -2.53. The van der Waals surface area contributed by atoms with Gasteiger partial charge in [-0.25, -0.2) is 0 Å². The average Bonchev–Trinajstić information content (AvgIpc) is 2.84. The zero-order valence-corrected chi connectivity index (χ0v) is 25.2. The maximum atomic E-state index is 12.1. The topological polar surface area (TPSA) is 54.4 Å². The molecule has 1 aromatic carbocycles. The molecule has 1 N–H and O–H groups in total. The summed E-state index contributed by atoms with van der Waals surface area (Å²) in [5, 5.41) is 0. The van der Waals surface area contributed by atoms with Gasteiger partial charge in [0.2, 0.25) is 0 Å². The molecule has 0 amide bonds. The molecule has 0 fully saturated rings. The van der Waals surface area contributed by atoms with E-state index in [1.54, 1.807) is 12.1 Å². The van der Waals surface area contributed by atoms with E-state index in [2.05, 4.69) is 34.6 Å². The molecule has 0 saturated carbocycles. The van der Waals surface area contributed by atoms with Crippen molar-refractivity contribution in [3.8, 4) is 0 Å². The average molecular weight is 525 g/mol. The Morgan fingerprint density at radius 3 is 1.56 bits per heavy atom. The monoisotopic (exact) mass is 524 g/mol. The number of unbranched alkanes of at least 4 members (excludes halogenated alkanes) is 11. The molecule has 0 heterocycles. The molecule has 0 spiro atoms. The van der Waals surface area contributed by atoms with Gasteiger partial charge < -0.3 is 4.48 Å². The minimum absolute atomic E-state index is 0.0460. The minimum atomic E-state index is -4.23. The van der Waals surface area contributed by atoms with Crippen LogP contribution in [0.2, 0.25) is 0 Å². The van der Waals surface area contributed by atoms with Crippen LogP contribution in [-0.4, -0.2) is 37.1 Å². The van der Waals surface area contributed by atoms with E-state index in [1.165, 1.54) is 110 Å². The third-order valence-corrected chi connectivity index (χ3v) is 8.87. The summed E-state index contributed by atoms with van der Waals surface area (Å²) in [5.74, 6) is 0. The van der Waals surface area contributed by atoms with Gasteiger partial charge in [0.05, 0.1) is 24.5 Å². The first kappa shape index (κ1) is 33.1. The normalized spacial score (nSPS) is 13.3. The predicted molar refractivity (Wildman–Crippen MR) is 155 cm³/mol. The van der Waals surface area contributed by atoms with Crippen molar-refractivity contribution < 1.29 is 17.5 Å². The van der Waals surface area contributed by atoms with Gasteiger partial charge in [0.1, 0.15) is 6.04 Å². The van der Waals surface area contributed by atoms with Crippen molar-refractivity contribution in [3.05, 3.63) is 29.3 Å². The molecular weight excluding hydrogens is 466 g/mol. The van der Waals surface area contributed by atoms with Gasteiger partial charge in [-0.05, 0) is 69.6 Å². The molecule has 36 heavy (non-hydrogen) atoms. The van der Waals surface area contributed by atoms with E-state index >= 15 is 0 Å². The van der Waals surface area contributed by atoms with Crippen LogP contribution in [0.4, 0.5) is 0 Å².